The third kappa shape index (κ3) is 5.99. The van der Waals surface area contributed by atoms with E-state index in [1.165, 1.54) is 30.2 Å². The maximum Gasteiger partial charge on any atom is 0.341 e. The summed E-state index contributed by atoms with van der Waals surface area (Å²) in [7, 11) is 1.34. The zero-order chi connectivity index (χ0) is 26.4. The molecule has 0 fully saturated rings. The quantitative estimate of drug-likeness (QED) is 0.195. The van der Waals surface area contributed by atoms with Crippen molar-refractivity contribution in [1.29, 1.82) is 0 Å². The van der Waals surface area contributed by atoms with Gasteiger partial charge in [-0.25, -0.2) is 4.79 Å². The largest absolute Gasteiger partial charge is 0.482 e. The zero-order valence-electron chi connectivity index (χ0n) is 21.5. The van der Waals surface area contributed by atoms with Gasteiger partial charge in [0.1, 0.15) is 10.8 Å². The number of allylic oxidation sites excluding steroid dienone is 1. The van der Waals surface area contributed by atoms with E-state index in [1.807, 2.05) is 57.4 Å². The number of hydrogen-bond donors (Lipinski definition) is 1. The lowest BCUT2D eigenvalue weighted by Gasteiger charge is -2.18. The van der Waals surface area contributed by atoms with E-state index in [9.17, 15) is 9.59 Å². The second-order valence-corrected chi connectivity index (χ2v) is 10.4. The number of amides is 1. The molecule has 36 heavy (non-hydrogen) atoms. The molecule has 1 amide bonds. The van der Waals surface area contributed by atoms with E-state index in [1.54, 1.807) is 6.08 Å². The lowest BCUT2D eigenvalue weighted by Crippen LogP contribution is -2.17. The van der Waals surface area contributed by atoms with Crippen molar-refractivity contribution < 1.29 is 19.1 Å². The second-order valence-electron chi connectivity index (χ2n) is 8.22. The first-order valence-corrected chi connectivity index (χ1v) is 13.4. The van der Waals surface area contributed by atoms with Crippen LogP contribution in [0.3, 0.4) is 0 Å². The molecule has 3 aromatic rings. The van der Waals surface area contributed by atoms with Crippen molar-refractivity contribution in [3.63, 3.8) is 0 Å². The summed E-state index contributed by atoms with van der Waals surface area (Å²) in [5.74, 6) is 0.841. The number of aromatic nitrogens is 3. The molecule has 2 heterocycles. The molecule has 1 unspecified atom stereocenters. The molecule has 0 saturated heterocycles. The highest BCUT2D eigenvalue weighted by atomic mass is 32.2. The molecule has 0 bridgehead atoms. The zero-order valence-corrected chi connectivity index (χ0v) is 23.1. The Hall–Kier alpha value is -3.11. The fraction of sp³-hybridized carbons (Fsp3) is 0.385. The number of thioether (sulfide) groups is 1. The number of hydrogen-bond acceptors (Lipinski definition) is 8. The summed E-state index contributed by atoms with van der Waals surface area (Å²) in [5.41, 5.74) is 3.54. The van der Waals surface area contributed by atoms with Crippen molar-refractivity contribution in [2.45, 2.75) is 58.8 Å². The van der Waals surface area contributed by atoms with Crippen LogP contribution in [0.15, 0.2) is 36.0 Å². The molecule has 1 N–H and O–H groups in total. The predicted octanol–water partition coefficient (Wildman–Crippen LogP) is 5.67. The summed E-state index contributed by atoms with van der Waals surface area (Å²) >= 11 is 2.64. The number of nitrogens with zero attached hydrogens (tertiary/aromatic N) is 3. The van der Waals surface area contributed by atoms with Gasteiger partial charge in [-0.05, 0) is 56.9 Å². The molecule has 1 aromatic carbocycles. The molecular weight excluding hydrogens is 496 g/mol. The number of aryl methyl sites for hydroxylation is 2. The van der Waals surface area contributed by atoms with Crippen LogP contribution in [0.4, 0.5) is 5.00 Å². The molecule has 0 aliphatic carbocycles. The molecule has 0 spiro atoms. The fourth-order valence-electron chi connectivity index (χ4n) is 3.81. The minimum atomic E-state index is -0.452. The fourth-order valence-corrected chi connectivity index (χ4v) is 5.71. The number of benzene rings is 1. The van der Waals surface area contributed by atoms with Crippen molar-refractivity contribution in [3.05, 3.63) is 63.8 Å². The molecule has 10 heteroatoms. The highest BCUT2D eigenvalue weighted by molar-refractivity contribution is 7.99. The summed E-state index contributed by atoms with van der Waals surface area (Å²) in [6.45, 7) is 14.2. The normalized spacial score (nSPS) is 11.7. The first kappa shape index (κ1) is 27.5. The molecule has 0 radical (unpaired) electrons. The van der Waals surface area contributed by atoms with Gasteiger partial charge in [-0.3, -0.25) is 9.36 Å². The van der Waals surface area contributed by atoms with Crippen LogP contribution in [0, 0.1) is 20.8 Å². The first-order valence-electron chi connectivity index (χ1n) is 11.6. The first-order chi connectivity index (χ1) is 17.2. The van der Waals surface area contributed by atoms with Crippen molar-refractivity contribution in [3.8, 4) is 5.75 Å². The van der Waals surface area contributed by atoms with E-state index in [4.69, 9.17) is 9.47 Å². The van der Waals surface area contributed by atoms with Crippen LogP contribution in [0.1, 0.15) is 57.7 Å². The minimum Gasteiger partial charge on any atom is -0.482 e. The third-order valence-corrected chi connectivity index (χ3v) is 7.85. The topological polar surface area (TPSA) is 95.3 Å². The van der Waals surface area contributed by atoms with Gasteiger partial charge in [-0.2, -0.15) is 0 Å². The predicted molar refractivity (Wildman–Crippen MR) is 144 cm³/mol. The third-order valence-electron chi connectivity index (χ3n) is 5.82. The lowest BCUT2D eigenvalue weighted by molar-refractivity contribution is -0.113. The molecule has 8 nitrogen and oxygen atoms in total. The number of methoxy groups -OCH3 is 1. The van der Waals surface area contributed by atoms with Crippen LogP contribution in [0.2, 0.25) is 0 Å². The number of esters is 1. The van der Waals surface area contributed by atoms with Gasteiger partial charge in [0.2, 0.25) is 5.91 Å². The maximum absolute atomic E-state index is 12.8. The molecule has 3 rings (SSSR count). The van der Waals surface area contributed by atoms with Crippen LogP contribution < -0.4 is 10.1 Å². The summed E-state index contributed by atoms with van der Waals surface area (Å²) < 4.78 is 13.0. The Morgan fingerprint density at radius 2 is 2.03 bits per heavy atom. The Morgan fingerprint density at radius 1 is 1.28 bits per heavy atom. The van der Waals surface area contributed by atoms with Gasteiger partial charge in [0.05, 0.1) is 18.4 Å². The molecule has 2 aromatic heterocycles. The van der Waals surface area contributed by atoms with Gasteiger partial charge >= 0.3 is 5.97 Å². The average molecular weight is 529 g/mol. The number of thiophene rings is 1. The number of rotatable bonds is 11. The molecule has 0 aliphatic rings. The minimum absolute atomic E-state index is 0.0977. The van der Waals surface area contributed by atoms with Crippen molar-refractivity contribution in [2.75, 3.05) is 18.2 Å². The molecule has 1 atom stereocenters. The van der Waals surface area contributed by atoms with Gasteiger partial charge in [0.25, 0.3) is 0 Å². The van der Waals surface area contributed by atoms with Crippen LogP contribution in [0.25, 0.3) is 0 Å². The summed E-state index contributed by atoms with van der Waals surface area (Å²) in [6, 6.07) is 5.94. The van der Waals surface area contributed by atoms with Crippen molar-refractivity contribution in [2.24, 2.45) is 0 Å². The molecule has 0 aliphatic heterocycles. The highest BCUT2D eigenvalue weighted by Crippen LogP contribution is 2.34. The average Bonchev–Trinajstić information content (AvgIpc) is 3.40. The Balaban J connectivity index is 1.74. The number of carbonyl (C=O) groups is 2. The van der Waals surface area contributed by atoms with E-state index < -0.39 is 5.97 Å². The number of carbonyl (C=O) groups excluding carboxylic acids is 2. The van der Waals surface area contributed by atoms with Crippen LogP contribution >= 0.6 is 23.1 Å². The summed E-state index contributed by atoms with van der Waals surface area (Å²) in [5, 5.41) is 12.6. The summed E-state index contributed by atoms with van der Waals surface area (Å²) in [6.07, 6.45) is 2.07. The standard InChI is InChI=1S/C26H32N4O4S2/c1-8-13-30-23(17(5)34-20-12-10-11-15(3)16(20)4)28-29-26(30)35-14-21(31)27-24-22(25(32)33-7)19(9-2)18(6)36-24/h8,10-12,17H,1,9,13-14H2,2-7H3,(H,27,31). The molecular formula is C26H32N4O4S2. The van der Waals surface area contributed by atoms with Crippen molar-refractivity contribution in [1.82, 2.24) is 14.8 Å². The van der Waals surface area contributed by atoms with E-state index in [0.29, 0.717) is 34.5 Å². The number of nitrogens with one attached hydrogen (secondary N) is 1. The van der Waals surface area contributed by atoms with Gasteiger partial charge in [-0.15, -0.1) is 28.1 Å². The molecule has 0 saturated carbocycles. The van der Waals surface area contributed by atoms with Crippen molar-refractivity contribution >= 4 is 40.0 Å². The van der Waals surface area contributed by atoms with E-state index in [0.717, 1.165) is 27.3 Å². The monoisotopic (exact) mass is 528 g/mol. The van der Waals surface area contributed by atoms with Gasteiger partial charge in [0, 0.05) is 11.4 Å². The van der Waals surface area contributed by atoms with E-state index in [-0.39, 0.29) is 17.8 Å². The summed E-state index contributed by atoms with van der Waals surface area (Å²) in [4.78, 5) is 26.1. The van der Waals surface area contributed by atoms with Gasteiger partial charge in [-0.1, -0.05) is 36.9 Å². The number of ether oxygens (including phenoxy) is 2. The van der Waals surface area contributed by atoms with E-state index in [2.05, 4.69) is 22.1 Å². The highest BCUT2D eigenvalue weighted by Gasteiger charge is 2.24. The second kappa shape index (κ2) is 12.2. The van der Waals surface area contributed by atoms with Gasteiger partial charge < -0.3 is 14.8 Å². The Kier molecular flexibility index (Phi) is 9.33. The maximum atomic E-state index is 12.8. The van der Waals surface area contributed by atoms with Crippen LogP contribution in [-0.2, 0) is 22.5 Å². The van der Waals surface area contributed by atoms with Crippen LogP contribution in [-0.4, -0.2) is 39.5 Å². The Labute approximate surface area is 220 Å². The van der Waals surface area contributed by atoms with E-state index >= 15 is 0 Å². The number of anilines is 1. The lowest BCUT2D eigenvalue weighted by atomic mass is 10.1. The smallest absolute Gasteiger partial charge is 0.341 e. The Bertz CT molecular complexity index is 1270. The van der Waals surface area contributed by atoms with Gasteiger partial charge in [0.15, 0.2) is 17.1 Å². The SMILES string of the molecule is C=CCn1c(SCC(=O)Nc2sc(C)c(CC)c2C(=O)OC)nnc1C(C)Oc1cccc(C)c1C. The van der Waals surface area contributed by atoms with Crippen LogP contribution in [0.5, 0.6) is 5.75 Å². The molecule has 192 valence electrons. The Morgan fingerprint density at radius 3 is 2.69 bits per heavy atom.